The Kier molecular flexibility index (Phi) is 1.71. The molecule has 0 radical (unpaired) electrons. The predicted octanol–water partition coefficient (Wildman–Crippen LogP) is 1.89. The van der Waals surface area contributed by atoms with Gasteiger partial charge in [-0.3, -0.25) is 4.99 Å². The van der Waals surface area contributed by atoms with E-state index in [1.807, 2.05) is 6.34 Å². The van der Waals surface area contributed by atoms with Gasteiger partial charge >= 0.3 is 0 Å². The van der Waals surface area contributed by atoms with Gasteiger partial charge in [0, 0.05) is 12.7 Å². The van der Waals surface area contributed by atoms with Gasteiger partial charge in [-0.25, -0.2) is 0 Å². The molecule has 0 aromatic carbocycles. The van der Waals surface area contributed by atoms with E-state index in [1.54, 1.807) is 0 Å². The summed E-state index contributed by atoms with van der Waals surface area (Å²) in [4.78, 5) is 6.60. The van der Waals surface area contributed by atoms with Crippen LogP contribution in [0.25, 0.3) is 0 Å². The Balaban J connectivity index is 2.26. The lowest BCUT2D eigenvalue weighted by Gasteiger charge is -2.28. The van der Waals surface area contributed by atoms with Crippen molar-refractivity contribution < 1.29 is 0 Å². The number of fused-ring (bicyclic) bond motifs is 1. The van der Waals surface area contributed by atoms with Gasteiger partial charge < -0.3 is 4.90 Å². The van der Waals surface area contributed by atoms with Gasteiger partial charge in [-0.1, -0.05) is 19.9 Å². The van der Waals surface area contributed by atoms with E-state index in [-0.39, 0.29) is 0 Å². The standard InChI is InChI=1S/C10H16N2/c1-7-4-9-10(5-8(7)2)12(3)6-11-9/h5-9H,4H2,1-3H3. The highest BCUT2D eigenvalue weighted by atomic mass is 15.2. The third kappa shape index (κ3) is 1.06. The van der Waals surface area contributed by atoms with Crippen molar-refractivity contribution in [1.29, 1.82) is 0 Å². The summed E-state index contributed by atoms with van der Waals surface area (Å²) in [5.74, 6) is 1.49. The molecule has 2 rings (SSSR count). The summed E-state index contributed by atoms with van der Waals surface area (Å²) in [7, 11) is 2.08. The molecule has 0 amide bonds. The van der Waals surface area contributed by atoms with Crippen molar-refractivity contribution in [3.8, 4) is 0 Å². The first kappa shape index (κ1) is 7.84. The zero-order valence-electron chi connectivity index (χ0n) is 7.99. The minimum absolute atomic E-state index is 0.459. The van der Waals surface area contributed by atoms with Crippen LogP contribution in [0.3, 0.4) is 0 Å². The maximum atomic E-state index is 4.46. The summed E-state index contributed by atoms with van der Waals surface area (Å²) < 4.78 is 0. The smallest absolute Gasteiger partial charge is 0.0916 e. The molecule has 0 spiro atoms. The number of aliphatic imine (C=N–C) groups is 1. The Morgan fingerprint density at radius 2 is 2.25 bits per heavy atom. The second kappa shape index (κ2) is 2.61. The van der Waals surface area contributed by atoms with E-state index in [0.717, 1.165) is 5.92 Å². The van der Waals surface area contributed by atoms with Gasteiger partial charge in [0.2, 0.25) is 0 Å². The SMILES string of the molecule is CC1C=C2C(CC1C)N=CN2C. The molecular weight excluding hydrogens is 148 g/mol. The third-order valence-electron chi connectivity index (χ3n) is 3.09. The van der Waals surface area contributed by atoms with Crippen molar-refractivity contribution in [2.24, 2.45) is 16.8 Å². The molecule has 0 N–H and O–H groups in total. The molecule has 12 heavy (non-hydrogen) atoms. The monoisotopic (exact) mass is 164 g/mol. The lowest BCUT2D eigenvalue weighted by molar-refractivity contribution is 0.364. The van der Waals surface area contributed by atoms with Crippen LogP contribution in [0.2, 0.25) is 0 Å². The second-order valence-corrected chi connectivity index (χ2v) is 4.05. The molecule has 1 aliphatic carbocycles. The van der Waals surface area contributed by atoms with Crippen LogP contribution in [0, 0.1) is 11.8 Å². The topological polar surface area (TPSA) is 15.6 Å². The van der Waals surface area contributed by atoms with E-state index in [2.05, 4.69) is 36.9 Å². The molecule has 0 saturated carbocycles. The molecule has 66 valence electrons. The highest BCUT2D eigenvalue weighted by Crippen LogP contribution is 2.33. The van der Waals surface area contributed by atoms with Gasteiger partial charge in [-0.05, 0) is 18.3 Å². The van der Waals surface area contributed by atoms with Crippen LogP contribution in [0.5, 0.6) is 0 Å². The number of hydrogen-bond acceptors (Lipinski definition) is 2. The summed E-state index contributed by atoms with van der Waals surface area (Å²) in [6, 6.07) is 0.459. The molecule has 2 heteroatoms. The van der Waals surface area contributed by atoms with Crippen molar-refractivity contribution >= 4 is 6.34 Å². The first-order valence-electron chi connectivity index (χ1n) is 4.66. The molecule has 1 heterocycles. The van der Waals surface area contributed by atoms with Gasteiger partial charge in [0.05, 0.1) is 12.4 Å². The van der Waals surface area contributed by atoms with E-state index in [9.17, 15) is 0 Å². The van der Waals surface area contributed by atoms with Crippen LogP contribution in [0.4, 0.5) is 0 Å². The molecule has 2 aliphatic rings. The molecule has 2 nitrogen and oxygen atoms in total. The molecule has 3 unspecified atom stereocenters. The Morgan fingerprint density at radius 1 is 1.50 bits per heavy atom. The van der Waals surface area contributed by atoms with Crippen LogP contribution in [0.15, 0.2) is 16.8 Å². The zero-order valence-corrected chi connectivity index (χ0v) is 7.99. The summed E-state index contributed by atoms with van der Waals surface area (Å²) in [6.07, 6.45) is 5.53. The summed E-state index contributed by atoms with van der Waals surface area (Å²) >= 11 is 0. The fourth-order valence-electron chi connectivity index (χ4n) is 1.97. The minimum atomic E-state index is 0.459. The number of rotatable bonds is 0. The van der Waals surface area contributed by atoms with Crippen molar-refractivity contribution in [2.45, 2.75) is 26.3 Å². The van der Waals surface area contributed by atoms with Crippen LogP contribution in [-0.2, 0) is 0 Å². The van der Waals surface area contributed by atoms with Crippen molar-refractivity contribution in [2.75, 3.05) is 7.05 Å². The lowest BCUT2D eigenvalue weighted by Crippen LogP contribution is -2.26. The lowest BCUT2D eigenvalue weighted by atomic mass is 9.83. The van der Waals surface area contributed by atoms with E-state index in [1.165, 1.54) is 12.1 Å². The zero-order chi connectivity index (χ0) is 8.72. The van der Waals surface area contributed by atoms with E-state index in [0.29, 0.717) is 12.0 Å². The molecule has 0 fully saturated rings. The summed E-state index contributed by atoms with van der Waals surface area (Å²) in [6.45, 7) is 4.60. The van der Waals surface area contributed by atoms with E-state index < -0.39 is 0 Å². The molecule has 0 aromatic heterocycles. The average Bonchev–Trinajstić information content (AvgIpc) is 2.35. The molecular formula is C10H16N2. The predicted molar refractivity (Wildman–Crippen MR) is 51.1 cm³/mol. The van der Waals surface area contributed by atoms with Gasteiger partial charge in [-0.15, -0.1) is 0 Å². The van der Waals surface area contributed by atoms with Gasteiger partial charge in [0.25, 0.3) is 0 Å². The van der Waals surface area contributed by atoms with Gasteiger partial charge in [-0.2, -0.15) is 0 Å². The maximum Gasteiger partial charge on any atom is 0.0916 e. The number of likely N-dealkylation sites (N-methyl/N-ethyl adjacent to an activating group) is 1. The van der Waals surface area contributed by atoms with Crippen LogP contribution in [0.1, 0.15) is 20.3 Å². The fraction of sp³-hybridized carbons (Fsp3) is 0.700. The van der Waals surface area contributed by atoms with Crippen molar-refractivity contribution in [3.05, 3.63) is 11.8 Å². The molecule has 0 aromatic rings. The van der Waals surface area contributed by atoms with Gasteiger partial charge in [0.1, 0.15) is 0 Å². The highest BCUT2D eigenvalue weighted by molar-refractivity contribution is 5.63. The normalized spacial score (nSPS) is 39.8. The fourth-order valence-corrected chi connectivity index (χ4v) is 1.97. The first-order chi connectivity index (χ1) is 5.68. The van der Waals surface area contributed by atoms with Crippen molar-refractivity contribution in [3.63, 3.8) is 0 Å². The summed E-state index contributed by atoms with van der Waals surface area (Å²) in [5.41, 5.74) is 1.40. The van der Waals surface area contributed by atoms with E-state index in [4.69, 9.17) is 0 Å². The third-order valence-corrected chi connectivity index (χ3v) is 3.09. The molecule has 0 saturated heterocycles. The van der Waals surface area contributed by atoms with Crippen LogP contribution in [-0.4, -0.2) is 24.3 Å². The highest BCUT2D eigenvalue weighted by Gasteiger charge is 2.29. The van der Waals surface area contributed by atoms with Crippen molar-refractivity contribution in [1.82, 2.24) is 4.90 Å². The van der Waals surface area contributed by atoms with E-state index >= 15 is 0 Å². The van der Waals surface area contributed by atoms with Crippen LogP contribution >= 0.6 is 0 Å². The largest absolute Gasteiger partial charge is 0.338 e. The summed E-state index contributed by atoms with van der Waals surface area (Å²) in [5, 5.41) is 0. The maximum absolute atomic E-state index is 4.46. The second-order valence-electron chi connectivity index (χ2n) is 4.05. The number of allylic oxidation sites excluding steroid dienone is 1. The number of hydrogen-bond donors (Lipinski definition) is 0. The van der Waals surface area contributed by atoms with Gasteiger partial charge in [0.15, 0.2) is 0 Å². The molecule has 1 aliphatic heterocycles. The van der Waals surface area contributed by atoms with Crippen LogP contribution < -0.4 is 0 Å². The molecule has 0 bridgehead atoms. The average molecular weight is 164 g/mol. The molecule has 3 atom stereocenters. The minimum Gasteiger partial charge on any atom is -0.338 e. The Bertz CT molecular complexity index is 242. The Hall–Kier alpha value is -0.790. The Morgan fingerprint density at radius 3 is 3.00 bits per heavy atom. The number of nitrogens with zero attached hydrogens (tertiary/aromatic N) is 2. The first-order valence-corrected chi connectivity index (χ1v) is 4.66. The quantitative estimate of drug-likeness (QED) is 0.534. The Labute approximate surface area is 74.0 Å².